The summed E-state index contributed by atoms with van der Waals surface area (Å²) in [5.41, 5.74) is 5.22. The van der Waals surface area contributed by atoms with E-state index in [4.69, 9.17) is 4.74 Å². The van der Waals surface area contributed by atoms with E-state index in [1.54, 1.807) is 54.6 Å². The van der Waals surface area contributed by atoms with Gasteiger partial charge in [-0.05, 0) is 67.9 Å². The molecule has 3 rings (SSSR count). The number of carbonyl (C=O) groups excluding carboxylic acids is 2. The first-order valence-corrected chi connectivity index (χ1v) is 12.9. The Kier molecular flexibility index (Phi) is 8.80. The molecule has 0 spiro atoms. The number of hydrogen-bond donors (Lipinski definition) is 2. The van der Waals surface area contributed by atoms with E-state index >= 15 is 0 Å². The fraction of sp³-hybridized carbons (Fsp3) is 0.192. The number of nitrogens with one attached hydrogen (secondary N) is 2. The highest BCUT2D eigenvalue weighted by atomic mass is 32.2. The molecule has 0 aliphatic rings. The van der Waals surface area contributed by atoms with Gasteiger partial charge in [0, 0.05) is 5.69 Å². The van der Waals surface area contributed by atoms with Crippen LogP contribution in [0, 0.1) is 6.92 Å². The molecule has 0 aliphatic heterocycles. The zero-order valence-electron chi connectivity index (χ0n) is 20.2. The van der Waals surface area contributed by atoms with Crippen LogP contribution in [0.15, 0.2) is 84.0 Å². The van der Waals surface area contributed by atoms with Crippen molar-refractivity contribution in [2.24, 2.45) is 5.10 Å². The van der Waals surface area contributed by atoms with E-state index in [0.717, 1.165) is 16.1 Å². The number of ether oxygens (including phenoxy) is 1. The molecular weight excluding hydrogens is 480 g/mol. The molecule has 3 aromatic rings. The maximum absolute atomic E-state index is 12.6. The van der Waals surface area contributed by atoms with Gasteiger partial charge in [0.25, 0.3) is 11.8 Å². The van der Waals surface area contributed by atoms with Crippen molar-refractivity contribution in [3.05, 3.63) is 90.0 Å². The van der Waals surface area contributed by atoms with E-state index in [1.165, 1.54) is 13.1 Å². The summed E-state index contributed by atoms with van der Waals surface area (Å²) in [7, 11) is -3.70. The van der Waals surface area contributed by atoms with Gasteiger partial charge in [0.15, 0.2) is 6.61 Å². The largest absolute Gasteiger partial charge is 0.484 e. The van der Waals surface area contributed by atoms with Gasteiger partial charge in [-0.3, -0.25) is 13.9 Å². The highest BCUT2D eigenvalue weighted by molar-refractivity contribution is 7.92. The molecule has 0 heterocycles. The van der Waals surface area contributed by atoms with Crippen LogP contribution in [0.2, 0.25) is 0 Å². The molecule has 3 aromatic carbocycles. The summed E-state index contributed by atoms with van der Waals surface area (Å²) < 4.78 is 31.1. The van der Waals surface area contributed by atoms with Crippen molar-refractivity contribution in [2.45, 2.75) is 19.9 Å². The number of hydrogen-bond acceptors (Lipinski definition) is 6. The second-order valence-electron chi connectivity index (χ2n) is 8.08. The Morgan fingerprint density at radius 3 is 2.25 bits per heavy atom. The van der Waals surface area contributed by atoms with E-state index in [9.17, 15) is 18.0 Å². The lowest BCUT2D eigenvalue weighted by molar-refractivity contribution is -0.121. The van der Waals surface area contributed by atoms with Gasteiger partial charge >= 0.3 is 0 Å². The average molecular weight is 509 g/mol. The summed E-state index contributed by atoms with van der Waals surface area (Å²) in [5, 5.41) is 6.69. The molecule has 1 atom stereocenters. The highest BCUT2D eigenvalue weighted by Gasteiger charge is 2.28. The van der Waals surface area contributed by atoms with Crippen LogP contribution >= 0.6 is 0 Å². The molecule has 36 heavy (non-hydrogen) atoms. The number of nitrogens with zero attached hydrogens (tertiary/aromatic N) is 2. The quantitative estimate of drug-likeness (QED) is 0.322. The van der Waals surface area contributed by atoms with Crippen LogP contribution in [0.4, 0.5) is 11.4 Å². The third-order valence-corrected chi connectivity index (χ3v) is 6.31. The number of aryl methyl sites for hydroxylation is 1. The molecule has 0 saturated carbocycles. The second kappa shape index (κ2) is 12.0. The third-order valence-electron chi connectivity index (χ3n) is 5.07. The van der Waals surface area contributed by atoms with Crippen LogP contribution in [0.1, 0.15) is 18.1 Å². The van der Waals surface area contributed by atoms with Gasteiger partial charge in [-0.25, -0.2) is 13.8 Å². The number of para-hydroxylation sites is 1. The summed E-state index contributed by atoms with van der Waals surface area (Å²) in [4.78, 5) is 24.6. The number of benzene rings is 3. The van der Waals surface area contributed by atoms with Crippen molar-refractivity contribution in [1.29, 1.82) is 0 Å². The maximum atomic E-state index is 12.6. The number of anilines is 2. The minimum absolute atomic E-state index is 0.145. The summed E-state index contributed by atoms with van der Waals surface area (Å²) in [6, 6.07) is 21.6. The Bertz CT molecular complexity index is 1310. The Hall–Kier alpha value is -4.18. The summed E-state index contributed by atoms with van der Waals surface area (Å²) in [6.07, 6.45) is 2.47. The third kappa shape index (κ3) is 7.67. The van der Waals surface area contributed by atoms with E-state index in [1.807, 2.05) is 31.2 Å². The first-order chi connectivity index (χ1) is 17.1. The molecule has 0 unspecified atom stereocenters. The zero-order valence-corrected chi connectivity index (χ0v) is 21.0. The fourth-order valence-electron chi connectivity index (χ4n) is 3.28. The second-order valence-corrected chi connectivity index (χ2v) is 9.94. The fourth-order valence-corrected chi connectivity index (χ4v) is 4.46. The Morgan fingerprint density at radius 2 is 1.64 bits per heavy atom. The van der Waals surface area contributed by atoms with Crippen molar-refractivity contribution in [3.63, 3.8) is 0 Å². The molecule has 0 fully saturated rings. The molecule has 2 N–H and O–H groups in total. The summed E-state index contributed by atoms with van der Waals surface area (Å²) >= 11 is 0. The Labute approximate surface area is 210 Å². The molecule has 188 valence electrons. The number of hydrazone groups is 1. The molecule has 0 aliphatic carbocycles. The van der Waals surface area contributed by atoms with Gasteiger partial charge in [-0.15, -0.1) is 0 Å². The number of sulfonamides is 1. The van der Waals surface area contributed by atoms with Gasteiger partial charge in [0.1, 0.15) is 11.8 Å². The van der Waals surface area contributed by atoms with Crippen molar-refractivity contribution in [3.8, 4) is 5.75 Å². The lowest BCUT2D eigenvalue weighted by atomic mass is 10.2. The molecule has 0 bridgehead atoms. The van der Waals surface area contributed by atoms with Crippen LogP contribution in [-0.4, -0.2) is 45.4 Å². The zero-order chi connectivity index (χ0) is 26.1. The minimum Gasteiger partial charge on any atom is -0.484 e. The maximum Gasteiger partial charge on any atom is 0.263 e. The number of rotatable bonds is 10. The van der Waals surface area contributed by atoms with Crippen molar-refractivity contribution < 1.29 is 22.7 Å². The summed E-state index contributed by atoms with van der Waals surface area (Å²) in [6.45, 7) is 3.31. The standard InChI is InChI=1S/C26H28N4O5S/c1-19-9-13-22(14-10-19)28-25(31)18-35-24-15-11-21(12-16-24)17-27-29-26(32)20(2)30(36(3,33)34)23-7-5-4-6-8-23/h4-17,20H,18H2,1-3H3,(H,28,31)(H,29,32)/b27-17-/t20-/m0/s1. The van der Waals surface area contributed by atoms with Gasteiger partial charge in [0.2, 0.25) is 10.0 Å². The van der Waals surface area contributed by atoms with Crippen LogP contribution in [0.5, 0.6) is 5.75 Å². The monoisotopic (exact) mass is 508 g/mol. The highest BCUT2D eigenvalue weighted by Crippen LogP contribution is 2.20. The van der Waals surface area contributed by atoms with Crippen LogP contribution in [0.25, 0.3) is 0 Å². The SMILES string of the molecule is Cc1ccc(NC(=O)COc2ccc(/C=N\NC(=O)[C@H](C)N(c3ccccc3)S(C)(=O)=O)cc2)cc1. The first kappa shape index (κ1) is 26.4. The van der Waals surface area contributed by atoms with Crippen LogP contribution in [-0.2, 0) is 19.6 Å². The lowest BCUT2D eigenvalue weighted by Gasteiger charge is -2.27. The summed E-state index contributed by atoms with van der Waals surface area (Å²) in [5.74, 6) is -0.365. The van der Waals surface area contributed by atoms with Gasteiger partial charge in [-0.1, -0.05) is 35.9 Å². The number of carbonyl (C=O) groups is 2. The molecule has 0 aromatic heterocycles. The predicted octanol–water partition coefficient (Wildman–Crippen LogP) is 3.32. The predicted molar refractivity (Wildman–Crippen MR) is 141 cm³/mol. The molecule has 0 radical (unpaired) electrons. The van der Waals surface area contributed by atoms with Crippen LogP contribution in [0.3, 0.4) is 0 Å². The Balaban J connectivity index is 1.51. The molecule has 10 heteroatoms. The van der Waals surface area contributed by atoms with Gasteiger partial charge in [0.05, 0.1) is 18.2 Å². The number of amides is 2. The minimum atomic E-state index is -3.70. The Morgan fingerprint density at radius 1 is 1.00 bits per heavy atom. The lowest BCUT2D eigenvalue weighted by Crippen LogP contribution is -2.46. The van der Waals surface area contributed by atoms with Crippen molar-refractivity contribution >= 4 is 39.4 Å². The van der Waals surface area contributed by atoms with Crippen molar-refractivity contribution in [2.75, 3.05) is 22.5 Å². The molecule has 0 saturated heterocycles. The smallest absolute Gasteiger partial charge is 0.263 e. The molecular formula is C26H28N4O5S. The van der Waals surface area contributed by atoms with Gasteiger partial charge < -0.3 is 10.1 Å². The first-order valence-electron chi connectivity index (χ1n) is 11.1. The topological polar surface area (TPSA) is 117 Å². The van der Waals surface area contributed by atoms with Crippen LogP contribution < -0.4 is 19.8 Å². The van der Waals surface area contributed by atoms with E-state index in [0.29, 0.717) is 22.7 Å². The van der Waals surface area contributed by atoms with E-state index in [2.05, 4.69) is 15.8 Å². The average Bonchev–Trinajstić information content (AvgIpc) is 2.85. The molecule has 9 nitrogen and oxygen atoms in total. The molecule has 2 amide bonds. The van der Waals surface area contributed by atoms with Crippen molar-refractivity contribution in [1.82, 2.24) is 5.43 Å². The normalized spacial score (nSPS) is 12.1. The van der Waals surface area contributed by atoms with E-state index in [-0.39, 0.29) is 12.5 Å². The van der Waals surface area contributed by atoms with E-state index < -0.39 is 22.0 Å². The van der Waals surface area contributed by atoms with Gasteiger partial charge in [-0.2, -0.15) is 5.10 Å².